The molecule has 1 aromatic carbocycles. The van der Waals surface area contributed by atoms with E-state index < -0.39 is 0 Å². The molecule has 1 saturated carbocycles. The molecule has 2 aromatic heterocycles. The van der Waals surface area contributed by atoms with Crippen molar-refractivity contribution in [2.45, 2.75) is 44.2 Å². The van der Waals surface area contributed by atoms with Gasteiger partial charge in [-0.2, -0.15) is 0 Å². The summed E-state index contributed by atoms with van der Waals surface area (Å²) < 4.78 is 5.28. The first-order valence-electron chi connectivity index (χ1n) is 11.2. The molecule has 0 radical (unpaired) electrons. The zero-order valence-electron chi connectivity index (χ0n) is 18.5. The molecule has 2 heterocycles. The Labute approximate surface area is 193 Å². The molecule has 0 spiro atoms. The first-order chi connectivity index (χ1) is 16.0. The number of rotatable bonds is 7. The lowest BCUT2D eigenvalue weighted by Crippen LogP contribution is -2.49. The van der Waals surface area contributed by atoms with E-state index in [1.807, 2.05) is 42.5 Å². The van der Waals surface area contributed by atoms with Gasteiger partial charge in [-0.1, -0.05) is 43.7 Å². The number of benzene rings is 1. The van der Waals surface area contributed by atoms with Crippen molar-refractivity contribution in [2.24, 2.45) is 11.5 Å². The van der Waals surface area contributed by atoms with Crippen molar-refractivity contribution in [3.05, 3.63) is 90.2 Å². The minimum absolute atomic E-state index is 0.00807. The number of hydrogen-bond acceptors (Lipinski definition) is 6. The fourth-order valence-electron chi connectivity index (χ4n) is 4.19. The smallest absolute Gasteiger partial charge is 0.270 e. The van der Waals surface area contributed by atoms with E-state index in [1.165, 1.54) is 12.5 Å². The van der Waals surface area contributed by atoms with Crippen LogP contribution in [0, 0.1) is 0 Å². The third-order valence-corrected chi connectivity index (χ3v) is 5.96. The second-order valence-electron chi connectivity index (χ2n) is 8.31. The van der Waals surface area contributed by atoms with Crippen molar-refractivity contribution in [3.8, 4) is 0 Å². The highest BCUT2D eigenvalue weighted by atomic mass is 16.5. The van der Waals surface area contributed by atoms with Gasteiger partial charge in [-0.05, 0) is 48.6 Å². The van der Waals surface area contributed by atoms with Crippen LogP contribution in [-0.4, -0.2) is 28.0 Å². The van der Waals surface area contributed by atoms with E-state index in [2.05, 4.69) is 21.9 Å². The monoisotopic (exact) mass is 443 g/mol. The van der Waals surface area contributed by atoms with E-state index in [0.717, 1.165) is 47.7 Å². The Morgan fingerprint density at radius 3 is 2.76 bits per heavy atom. The summed E-state index contributed by atoms with van der Waals surface area (Å²) in [7, 11) is 0. The van der Waals surface area contributed by atoms with Crippen LogP contribution < -0.4 is 16.8 Å². The molecule has 4 rings (SSSR count). The van der Waals surface area contributed by atoms with Crippen molar-refractivity contribution in [1.29, 1.82) is 0 Å². The van der Waals surface area contributed by atoms with Gasteiger partial charge in [0.05, 0.1) is 5.52 Å². The molecule has 7 nitrogen and oxygen atoms in total. The van der Waals surface area contributed by atoms with E-state index in [0.29, 0.717) is 23.6 Å². The first kappa shape index (κ1) is 22.5. The zero-order chi connectivity index (χ0) is 23.2. The van der Waals surface area contributed by atoms with Gasteiger partial charge in [0, 0.05) is 29.9 Å². The maximum absolute atomic E-state index is 13.0. The van der Waals surface area contributed by atoms with Gasteiger partial charge in [0.15, 0.2) is 0 Å². The molecular formula is C26H29N5O2. The summed E-state index contributed by atoms with van der Waals surface area (Å²) in [6.07, 6.45) is 9.07. The van der Waals surface area contributed by atoms with E-state index in [4.69, 9.17) is 16.2 Å². The molecule has 0 bridgehead atoms. The van der Waals surface area contributed by atoms with E-state index >= 15 is 0 Å². The molecule has 1 aliphatic carbocycles. The summed E-state index contributed by atoms with van der Waals surface area (Å²) in [6, 6.07) is 13.5. The number of nitrogens with one attached hydrogen (secondary N) is 1. The van der Waals surface area contributed by atoms with Crippen LogP contribution in [0.1, 0.15) is 53.0 Å². The van der Waals surface area contributed by atoms with Crippen molar-refractivity contribution in [1.82, 2.24) is 15.3 Å². The number of carbonyl (C=O) groups is 1. The molecule has 2 atom stereocenters. The molecule has 33 heavy (non-hydrogen) atoms. The summed E-state index contributed by atoms with van der Waals surface area (Å²) >= 11 is 0. The number of nitrogens with two attached hydrogens (primary N) is 2. The minimum atomic E-state index is -0.181. The van der Waals surface area contributed by atoms with Gasteiger partial charge < -0.3 is 21.5 Å². The number of nitrogens with zero attached hydrogens (tertiary/aromatic N) is 2. The molecule has 0 saturated heterocycles. The predicted molar refractivity (Wildman–Crippen MR) is 130 cm³/mol. The summed E-state index contributed by atoms with van der Waals surface area (Å²) in [5.74, 6) is 0.233. The third kappa shape index (κ3) is 5.38. The van der Waals surface area contributed by atoms with Gasteiger partial charge in [-0.15, -0.1) is 0 Å². The van der Waals surface area contributed by atoms with Gasteiger partial charge in [0.2, 0.25) is 0 Å². The topological polar surface area (TPSA) is 116 Å². The lowest BCUT2D eigenvalue weighted by Gasteiger charge is -2.29. The van der Waals surface area contributed by atoms with E-state index in [9.17, 15) is 4.79 Å². The number of pyridine rings is 2. The fourth-order valence-corrected chi connectivity index (χ4v) is 4.19. The molecule has 7 heteroatoms. The molecule has 3 aromatic rings. The lowest BCUT2D eigenvalue weighted by atomic mass is 9.91. The Kier molecular flexibility index (Phi) is 7.00. The van der Waals surface area contributed by atoms with Crippen LogP contribution in [0.2, 0.25) is 0 Å². The second-order valence-corrected chi connectivity index (χ2v) is 8.31. The predicted octanol–water partition coefficient (Wildman–Crippen LogP) is 3.64. The Morgan fingerprint density at radius 2 is 2.00 bits per heavy atom. The highest BCUT2D eigenvalue weighted by Crippen LogP contribution is 2.23. The maximum Gasteiger partial charge on any atom is 0.270 e. The van der Waals surface area contributed by atoms with Crippen LogP contribution in [0.25, 0.3) is 16.7 Å². The molecule has 1 amide bonds. The van der Waals surface area contributed by atoms with Crippen molar-refractivity contribution in [2.75, 3.05) is 0 Å². The highest BCUT2D eigenvalue weighted by molar-refractivity contribution is 5.96. The Bertz CT molecular complexity index is 1170. The number of amides is 1. The van der Waals surface area contributed by atoms with Gasteiger partial charge in [-0.25, -0.2) is 4.98 Å². The largest absolute Gasteiger partial charge is 0.462 e. The second kappa shape index (κ2) is 10.3. The number of para-hydroxylation sites is 1. The van der Waals surface area contributed by atoms with Gasteiger partial charge >= 0.3 is 0 Å². The van der Waals surface area contributed by atoms with Gasteiger partial charge in [-0.3, -0.25) is 9.78 Å². The lowest BCUT2D eigenvalue weighted by molar-refractivity contribution is 0.0916. The molecule has 170 valence electrons. The average molecular weight is 444 g/mol. The highest BCUT2D eigenvalue weighted by Gasteiger charge is 2.24. The van der Waals surface area contributed by atoms with Crippen molar-refractivity contribution in [3.63, 3.8) is 0 Å². The van der Waals surface area contributed by atoms with Crippen LogP contribution in [-0.2, 0) is 11.2 Å². The summed E-state index contributed by atoms with van der Waals surface area (Å²) in [4.78, 5) is 22.1. The zero-order valence-corrected chi connectivity index (χ0v) is 18.5. The minimum Gasteiger partial charge on any atom is -0.462 e. The van der Waals surface area contributed by atoms with E-state index in [1.54, 1.807) is 6.20 Å². The number of aromatic nitrogens is 2. The molecule has 0 unspecified atom stereocenters. The molecule has 1 aliphatic rings. The molecule has 5 N–H and O–H groups in total. The Hall–Kier alpha value is -3.71. The normalized spacial score (nSPS) is 18.3. The van der Waals surface area contributed by atoms with Crippen LogP contribution in [0.3, 0.4) is 0 Å². The summed E-state index contributed by atoms with van der Waals surface area (Å²) in [6.45, 7) is 3.85. The van der Waals surface area contributed by atoms with Crippen LogP contribution >= 0.6 is 0 Å². The molecule has 1 fully saturated rings. The number of carbonyl (C=O) groups excluding carboxylic acids is 1. The third-order valence-electron chi connectivity index (χ3n) is 5.96. The first-order valence-corrected chi connectivity index (χ1v) is 11.2. The molecular weight excluding hydrogens is 414 g/mol. The van der Waals surface area contributed by atoms with Crippen molar-refractivity contribution < 1.29 is 9.53 Å². The van der Waals surface area contributed by atoms with Crippen LogP contribution in [0.15, 0.2) is 67.7 Å². The standard InChI is InChI=1S/C26H29N5O2/c1-17(33-13-12-27)22-11-10-18(16-29-22)14-19-15-25(30-23-8-4-2-6-20(19)23)26(32)31-24-9-5-3-7-21(24)28/h2,4,6,8,10-13,15-16,21,24H,1,3,5,7,9,14,27-28H2,(H,31,32)/b13-12-/t21-,24-/m0/s1. The van der Waals surface area contributed by atoms with Crippen LogP contribution in [0.4, 0.5) is 0 Å². The summed E-state index contributed by atoms with van der Waals surface area (Å²) in [5, 5.41) is 4.11. The quantitative estimate of drug-likeness (QED) is 0.480. The number of hydrogen-bond donors (Lipinski definition) is 3. The maximum atomic E-state index is 13.0. The van der Waals surface area contributed by atoms with Gasteiger partial charge in [0.1, 0.15) is 23.4 Å². The average Bonchev–Trinajstić information content (AvgIpc) is 2.84. The Balaban J connectivity index is 1.58. The molecule has 0 aliphatic heterocycles. The fraction of sp³-hybridized carbons (Fsp3) is 0.269. The summed E-state index contributed by atoms with van der Waals surface area (Å²) in [5.41, 5.74) is 15.3. The SMILES string of the molecule is C=C(O/C=C\N)c1ccc(Cc2cc(C(=O)N[C@H]3CCCC[C@@H]3N)nc3ccccc23)cn1. The van der Waals surface area contributed by atoms with E-state index in [-0.39, 0.29) is 18.0 Å². The number of ether oxygens (including phenoxy) is 1. The Morgan fingerprint density at radius 1 is 1.18 bits per heavy atom. The van der Waals surface area contributed by atoms with Crippen LogP contribution in [0.5, 0.6) is 0 Å². The van der Waals surface area contributed by atoms with Gasteiger partial charge in [0.25, 0.3) is 5.91 Å². The number of fused-ring (bicyclic) bond motifs is 1. The van der Waals surface area contributed by atoms with Crippen molar-refractivity contribution >= 4 is 22.6 Å².